The summed E-state index contributed by atoms with van der Waals surface area (Å²) >= 11 is 0. The van der Waals surface area contributed by atoms with Gasteiger partial charge in [-0.05, 0) is 48.5 Å². The average molecular weight is 465 g/mol. The van der Waals surface area contributed by atoms with Crippen LogP contribution in [0.4, 0.5) is 17.3 Å². The van der Waals surface area contributed by atoms with Crippen LogP contribution in [0.1, 0.15) is 0 Å². The fourth-order valence-corrected chi connectivity index (χ4v) is 4.13. The number of rotatable bonds is 6. The van der Waals surface area contributed by atoms with Gasteiger partial charge in [-0.2, -0.15) is 4.98 Å². The number of fused-ring (bicyclic) bond motifs is 1. The van der Waals surface area contributed by atoms with Crippen molar-refractivity contribution < 1.29 is 9.47 Å². The van der Waals surface area contributed by atoms with Crippen molar-refractivity contribution in [3.8, 4) is 22.8 Å². The lowest BCUT2D eigenvalue weighted by atomic mass is 10.1. The molecule has 1 fully saturated rings. The molecule has 3 aromatic carbocycles. The summed E-state index contributed by atoms with van der Waals surface area (Å²) in [5.74, 6) is 1.96. The molecular formula is C27H24N6O2. The van der Waals surface area contributed by atoms with E-state index in [-0.39, 0.29) is 0 Å². The number of nitrogens with one attached hydrogen (secondary N) is 1. The Labute approximate surface area is 202 Å². The summed E-state index contributed by atoms with van der Waals surface area (Å²) in [6.45, 7) is 3.35. The van der Waals surface area contributed by atoms with Crippen LogP contribution in [-0.2, 0) is 4.74 Å². The van der Waals surface area contributed by atoms with Gasteiger partial charge in [0.1, 0.15) is 17.2 Å². The third-order valence-corrected chi connectivity index (χ3v) is 5.87. The van der Waals surface area contributed by atoms with E-state index in [1.807, 2.05) is 66.7 Å². The van der Waals surface area contributed by atoms with E-state index < -0.39 is 0 Å². The molecule has 35 heavy (non-hydrogen) atoms. The van der Waals surface area contributed by atoms with E-state index in [1.165, 1.54) is 5.69 Å². The normalized spacial score (nSPS) is 13.7. The molecule has 1 aliphatic heterocycles. The zero-order chi connectivity index (χ0) is 23.5. The number of anilines is 3. The Balaban J connectivity index is 1.28. The third-order valence-electron chi connectivity index (χ3n) is 5.87. The molecule has 0 radical (unpaired) electrons. The van der Waals surface area contributed by atoms with Crippen LogP contribution in [0.5, 0.6) is 11.5 Å². The smallest absolute Gasteiger partial charge is 0.247 e. The molecule has 0 saturated carbocycles. The van der Waals surface area contributed by atoms with E-state index in [9.17, 15) is 0 Å². The molecule has 1 saturated heterocycles. The Kier molecular flexibility index (Phi) is 5.70. The number of nitrogens with zero attached hydrogens (tertiary/aromatic N) is 5. The van der Waals surface area contributed by atoms with Crippen LogP contribution in [0.2, 0.25) is 0 Å². The number of ether oxygens (including phenoxy) is 2. The summed E-state index contributed by atoms with van der Waals surface area (Å²) in [5.41, 5.74) is 4.28. The van der Waals surface area contributed by atoms with E-state index >= 15 is 0 Å². The molecule has 6 rings (SSSR count). The van der Waals surface area contributed by atoms with E-state index in [2.05, 4.69) is 32.4 Å². The van der Waals surface area contributed by atoms with E-state index in [0.29, 0.717) is 23.0 Å². The Morgan fingerprint density at radius 1 is 0.857 bits per heavy atom. The largest absolute Gasteiger partial charge is 0.457 e. The Bertz CT molecular complexity index is 1430. The van der Waals surface area contributed by atoms with Gasteiger partial charge < -0.3 is 19.7 Å². The quantitative estimate of drug-likeness (QED) is 0.372. The van der Waals surface area contributed by atoms with Crippen LogP contribution in [0.25, 0.3) is 16.9 Å². The fourth-order valence-electron chi connectivity index (χ4n) is 4.13. The average Bonchev–Trinajstić information content (AvgIpc) is 3.33. The van der Waals surface area contributed by atoms with Gasteiger partial charge in [0.25, 0.3) is 0 Å². The van der Waals surface area contributed by atoms with Crippen molar-refractivity contribution in [1.82, 2.24) is 19.6 Å². The maximum atomic E-state index is 6.15. The second-order valence-corrected chi connectivity index (χ2v) is 8.16. The number of aromatic nitrogens is 4. The van der Waals surface area contributed by atoms with Crippen molar-refractivity contribution in [2.75, 3.05) is 36.5 Å². The molecule has 1 N–H and O–H groups in total. The first kappa shape index (κ1) is 21.1. The lowest BCUT2D eigenvalue weighted by Crippen LogP contribution is -2.36. The molecule has 0 bridgehead atoms. The lowest BCUT2D eigenvalue weighted by molar-refractivity contribution is 0.122. The van der Waals surface area contributed by atoms with Crippen LogP contribution in [0.3, 0.4) is 0 Å². The second kappa shape index (κ2) is 9.44. The van der Waals surface area contributed by atoms with Crippen LogP contribution < -0.4 is 15.0 Å². The summed E-state index contributed by atoms with van der Waals surface area (Å²) in [4.78, 5) is 11.7. The zero-order valence-corrected chi connectivity index (χ0v) is 19.0. The molecule has 3 heterocycles. The third kappa shape index (κ3) is 4.51. The minimum absolute atomic E-state index is 0.500. The minimum Gasteiger partial charge on any atom is -0.457 e. The highest BCUT2D eigenvalue weighted by molar-refractivity contribution is 5.79. The molecule has 0 atom stereocenters. The van der Waals surface area contributed by atoms with Gasteiger partial charge >= 0.3 is 0 Å². The first-order valence-electron chi connectivity index (χ1n) is 11.6. The van der Waals surface area contributed by atoms with Crippen molar-refractivity contribution in [3.05, 3.63) is 91.3 Å². The van der Waals surface area contributed by atoms with Crippen molar-refractivity contribution >= 4 is 23.0 Å². The molecule has 174 valence electrons. The molecular weight excluding hydrogens is 440 g/mol. The molecule has 1 aliphatic rings. The molecule has 2 aromatic heterocycles. The lowest BCUT2D eigenvalue weighted by Gasteiger charge is -2.28. The van der Waals surface area contributed by atoms with Crippen LogP contribution in [-0.4, -0.2) is 45.9 Å². The number of benzene rings is 3. The van der Waals surface area contributed by atoms with Gasteiger partial charge in [-0.15, -0.1) is 5.10 Å². The number of hydrogen-bond acceptors (Lipinski definition) is 7. The molecule has 8 heteroatoms. The van der Waals surface area contributed by atoms with Gasteiger partial charge in [0, 0.05) is 42.4 Å². The van der Waals surface area contributed by atoms with E-state index in [4.69, 9.17) is 14.5 Å². The van der Waals surface area contributed by atoms with E-state index in [1.54, 1.807) is 16.9 Å². The van der Waals surface area contributed by atoms with Gasteiger partial charge in [0.05, 0.1) is 13.2 Å². The fraction of sp³-hybridized carbons (Fsp3) is 0.148. The second-order valence-electron chi connectivity index (χ2n) is 8.16. The van der Waals surface area contributed by atoms with Crippen LogP contribution in [0.15, 0.2) is 91.3 Å². The topological polar surface area (TPSA) is 76.8 Å². The predicted octanol–water partition coefficient (Wildman–Crippen LogP) is 5.16. The maximum absolute atomic E-state index is 6.15. The molecule has 0 amide bonds. The van der Waals surface area contributed by atoms with Crippen molar-refractivity contribution in [2.24, 2.45) is 0 Å². The first-order valence-corrected chi connectivity index (χ1v) is 11.6. The standard InChI is InChI=1S/C27H24N6O2/c1-2-6-22(7-3-1)35-24-9-5-4-8-23(24)25-26-30-27(31-33(26)15-14-28-25)29-20-10-12-21(13-11-20)32-16-18-34-19-17-32/h1-15H,16-19H2,(H,29,31). The van der Waals surface area contributed by atoms with Gasteiger partial charge in [0.15, 0.2) is 5.65 Å². The first-order chi connectivity index (χ1) is 17.3. The Hall–Kier alpha value is -4.43. The minimum atomic E-state index is 0.500. The van der Waals surface area contributed by atoms with E-state index in [0.717, 1.165) is 43.3 Å². The van der Waals surface area contributed by atoms with Crippen molar-refractivity contribution in [2.45, 2.75) is 0 Å². The highest BCUT2D eigenvalue weighted by Gasteiger charge is 2.16. The molecule has 0 spiro atoms. The summed E-state index contributed by atoms with van der Waals surface area (Å²) in [5, 5.41) is 7.92. The monoisotopic (exact) mass is 464 g/mol. The number of hydrogen-bond donors (Lipinski definition) is 1. The zero-order valence-electron chi connectivity index (χ0n) is 19.0. The maximum Gasteiger partial charge on any atom is 0.247 e. The SMILES string of the molecule is c1ccc(Oc2ccccc2-c2nccn3nc(Nc4ccc(N5CCOCC5)cc4)nc23)cc1. The molecule has 5 aromatic rings. The summed E-state index contributed by atoms with van der Waals surface area (Å²) < 4.78 is 13.3. The van der Waals surface area contributed by atoms with Gasteiger partial charge in [0.2, 0.25) is 5.95 Å². The van der Waals surface area contributed by atoms with Crippen molar-refractivity contribution in [3.63, 3.8) is 0 Å². The summed E-state index contributed by atoms with van der Waals surface area (Å²) in [6, 6.07) is 25.8. The van der Waals surface area contributed by atoms with Gasteiger partial charge in [-0.25, -0.2) is 4.52 Å². The predicted molar refractivity (Wildman–Crippen MR) is 135 cm³/mol. The Morgan fingerprint density at radius 3 is 2.46 bits per heavy atom. The van der Waals surface area contributed by atoms with Gasteiger partial charge in [-0.3, -0.25) is 4.98 Å². The number of morpholine rings is 1. The molecule has 8 nitrogen and oxygen atoms in total. The highest BCUT2D eigenvalue weighted by Crippen LogP contribution is 2.34. The summed E-state index contributed by atoms with van der Waals surface area (Å²) in [7, 11) is 0. The molecule has 0 aliphatic carbocycles. The highest BCUT2D eigenvalue weighted by atomic mass is 16.5. The number of para-hydroxylation sites is 2. The van der Waals surface area contributed by atoms with Crippen molar-refractivity contribution in [1.29, 1.82) is 0 Å². The van der Waals surface area contributed by atoms with Gasteiger partial charge in [-0.1, -0.05) is 30.3 Å². The molecule has 0 unspecified atom stereocenters. The Morgan fingerprint density at radius 2 is 1.63 bits per heavy atom. The summed E-state index contributed by atoms with van der Waals surface area (Å²) in [6.07, 6.45) is 3.51. The van der Waals surface area contributed by atoms with Crippen LogP contribution in [0, 0.1) is 0 Å². The van der Waals surface area contributed by atoms with Crippen LogP contribution >= 0.6 is 0 Å².